The third-order valence-corrected chi connectivity index (χ3v) is 20.9. The van der Waals surface area contributed by atoms with E-state index in [0.29, 0.717) is 113 Å². The predicted molar refractivity (Wildman–Crippen MR) is 363 cm³/mol. The first-order chi connectivity index (χ1) is 49.0. The van der Waals surface area contributed by atoms with Crippen LogP contribution in [0.15, 0.2) is 97.2 Å². The third kappa shape index (κ3) is 14.6. The molecule has 7 amide bonds. The first-order valence-corrected chi connectivity index (χ1v) is 34.8. The van der Waals surface area contributed by atoms with Gasteiger partial charge in [-0.3, -0.25) is 38.4 Å². The summed E-state index contributed by atoms with van der Waals surface area (Å²) in [5.41, 5.74) is -1.41. The first-order valence-electron chi connectivity index (χ1n) is 33.2. The Balaban J connectivity index is 0.587. The van der Waals surface area contributed by atoms with Crippen LogP contribution in [0.4, 0.5) is 24.5 Å². The maximum atomic E-state index is 16.2. The number of cyclic esters (lactones) is 1. The number of esters is 1. The molecule has 6 aromatic rings. The molecule has 26 nitrogen and oxygen atoms in total. The molecule has 0 radical (unpaired) electrons. The number of carbonyl (C=O) groups excluding carboxylic acids is 8. The molecule has 538 valence electrons. The van der Waals surface area contributed by atoms with E-state index in [1.165, 1.54) is 18.4 Å². The van der Waals surface area contributed by atoms with Crippen molar-refractivity contribution in [2.24, 2.45) is 5.92 Å². The van der Waals surface area contributed by atoms with E-state index in [2.05, 4.69) is 16.0 Å². The lowest BCUT2D eigenvalue weighted by Crippen LogP contribution is -2.62. The zero-order chi connectivity index (χ0) is 72.3. The maximum absolute atomic E-state index is 16.2. The number of amides is 7. The van der Waals surface area contributed by atoms with Crippen molar-refractivity contribution in [1.29, 1.82) is 0 Å². The average molecular weight is 1450 g/mol. The van der Waals surface area contributed by atoms with Crippen LogP contribution in [0.5, 0.6) is 11.5 Å². The lowest BCUT2D eigenvalue weighted by Gasteiger charge is -2.34. The number of carbonyl (C=O) groups is 8. The number of ether oxygens (including phenoxy) is 8. The highest BCUT2D eigenvalue weighted by molar-refractivity contribution is 8.08. The van der Waals surface area contributed by atoms with Crippen molar-refractivity contribution in [3.05, 3.63) is 144 Å². The normalized spacial score (nSPS) is 17.9. The highest BCUT2D eigenvalue weighted by atomic mass is 32.2. The molecule has 2 saturated heterocycles. The van der Waals surface area contributed by atoms with Crippen molar-refractivity contribution in [2.45, 2.75) is 87.6 Å². The molecule has 0 bridgehead atoms. The van der Waals surface area contributed by atoms with Crippen LogP contribution in [-0.2, 0) is 82.4 Å². The molecule has 3 atom stereocenters. The molecule has 2 aromatic heterocycles. The van der Waals surface area contributed by atoms with Crippen molar-refractivity contribution in [1.82, 2.24) is 30.0 Å². The van der Waals surface area contributed by atoms with Crippen LogP contribution < -0.4 is 35.9 Å². The van der Waals surface area contributed by atoms with Gasteiger partial charge in [0.25, 0.3) is 29.2 Å². The molecule has 8 heterocycles. The Morgan fingerprint density at radius 1 is 0.706 bits per heavy atom. The maximum Gasteiger partial charge on any atom is 0.343 e. The van der Waals surface area contributed by atoms with Crippen molar-refractivity contribution in [3.63, 3.8) is 0 Å². The molecule has 4 aromatic carbocycles. The van der Waals surface area contributed by atoms with Crippen LogP contribution in [0.25, 0.3) is 22.3 Å². The summed E-state index contributed by atoms with van der Waals surface area (Å²) < 4.78 is 93.2. The Bertz CT molecular complexity index is 4330. The second-order valence-electron chi connectivity index (χ2n) is 25.2. The number of anilines is 2. The number of halogens is 3. The smallest absolute Gasteiger partial charge is 0.343 e. The Morgan fingerprint density at radius 3 is 1.82 bits per heavy atom. The SMILES string of the molecule is CC[C@@]1(O)C(=O)OCc2c1cc1n(c2=O)Cc2c-1nc1cc(F)c(NC(=O)[C@H](C)NC(=O)[C@](C)(NC(=O)COCCOCCOCCOc3c(F)cc(N4C(=O)C(Sc5ccc(C(=O)N6CCOCC6)cc5)=C(Sc5ccc(C(=O)N6CCOCC6)cc5)C4=O)cc3F)C(C)C)c3c1c2CCO3. The fraction of sp³-hybridized carbons (Fsp3) is 0.408. The fourth-order valence-electron chi connectivity index (χ4n) is 12.5. The number of nitrogens with zero attached hydrogens (tertiary/aromatic N) is 5. The Morgan fingerprint density at radius 2 is 1.26 bits per heavy atom. The van der Waals surface area contributed by atoms with Crippen LogP contribution in [0.3, 0.4) is 0 Å². The second kappa shape index (κ2) is 30.8. The Labute approximate surface area is 590 Å². The van der Waals surface area contributed by atoms with Gasteiger partial charge in [0.15, 0.2) is 34.6 Å². The monoisotopic (exact) mass is 1450 g/mol. The number of benzene rings is 4. The quantitative estimate of drug-likeness (QED) is 0.0268. The van der Waals surface area contributed by atoms with Crippen LogP contribution in [0.2, 0.25) is 0 Å². The number of nitrogens with one attached hydrogen (secondary N) is 3. The molecule has 2 fully saturated rings. The molecule has 102 heavy (non-hydrogen) atoms. The summed E-state index contributed by atoms with van der Waals surface area (Å²) in [6.07, 6.45) is 0.302. The number of morpholine rings is 2. The Hall–Kier alpha value is -9.21. The number of pyridine rings is 2. The molecule has 12 rings (SSSR count). The van der Waals surface area contributed by atoms with Gasteiger partial charge in [-0.25, -0.2) is 27.8 Å². The van der Waals surface area contributed by atoms with Crippen molar-refractivity contribution < 1.29 is 94.5 Å². The van der Waals surface area contributed by atoms with Gasteiger partial charge in [-0.05, 0) is 86.3 Å². The van der Waals surface area contributed by atoms with Crippen LogP contribution >= 0.6 is 23.5 Å². The number of rotatable bonds is 26. The summed E-state index contributed by atoms with van der Waals surface area (Å²) in [5, 5.41) is 19.6. The van der Waals surface area contributed by atoms with Crippen LogP contribution in [0.1, 0.15) is 84.0 Å². The van der Waals surface area contributed by atoms with E-state index >= 15 is 13.2 Å². The number of aromatic nitrogens is 2. The van der Waals surface area contributed by atoms with Crippen LogP contribution in [0, 0.1) is 23.4 Å². The molecular formula is C71H73F3N8O18S2. The zero-order valence-electron chi connectivity index (χ0n) is 56.3. The standard InChI is InChI=1S/C71H73F3N8O18S2/c1-6-71(92)48-33-53-56-46(35-81(53)65(87)47(48)36-100-69(71)91)45-15-20-98-59-55(45)52(76-56)34-49(72)57(59)77-62(84)39(4)75-68(90)70(5,38(2)3)78-54(83)37-97-28-27-95-25-26-96-29-30-99-58-50(73)31-42(32-51(58)74)82-66(88)60(101-43-11-7-40(8-12-43)63(85)79-16-21-93-22-17-79)61(67(82)89)102-44-13-9-41(10-14-44)64(86)80-18-23-94-24-19-80/h7-14,31-34,38-39,92H,6,15-30,35-37H2,1-5H3,(H,75,90)(H,77,84)(H,78,83)/t39-,70+,71-/m0/s1. The average Bonchev–Trinajstić information content (AvgIpc) is 1.51. The molecule has 0 aliphatic carbocycles. The molecule has 0 spiro atoms. The number of hydrogen-bond donors (Lipinski definition) is 4. The molecule has 31 heteroatoms. The molecule has 4 N–H and O–H groups in total. The minimum absolute atomic E-state index is 0.00556. The number of imide groups is 1. The number of hydrogen-bond acceptors (Lipinski definition) is 21. The summed E-state index contributed by atoms with van der Waals surface area (Å²) in [5.74, 6) is -9.73. The van der Waals surface area contributed by atoms with E-state index in [1.54, 1.807) is 85.2 Å². The summed E-state index contributed by atoms with van der Waals surface area (Å²) in [6.45, 7) is 10.3. The van der Waals surface area contributed by atoms with Crippen molar-refractivity contribution in [2.75, 3.05) is 116 Å². The van der Waals surface area contributed by atoms with E-state index in [1.807, 2.05) is 0 Å². The number of aliphatic hydroxyl groups is 1. The van der Waals surface area contributed by atoms with Crippen molar-refractivity contribution >= 4 is 93.1 Å². The Kier molecular flexibility index (Phi) is 21.9. The highest BCUT2D eigenvalue weighted by Crippen LogP contribution is 2.48. The van der Waals surface area contributed by atoms with Gasteiger partial charge >= 0.3 is 5.97 Å². The zero-order valence-corrected chi connectivity index (χ0v) is 57.9. The second-order valence-corrected chi connectivity index (χ2v) is 27.4. The van der Waals surface area contributed by atoms with Gasteiger partial charge in [-0.2, -0.15) is 0 Å². The first kappa shape index (κ1) is 72.6. The van der Waals surface area contributed by atoms with Gasteiger partial charge in [-0.1, -0.05) is 44.3 Å². The minimum Gasteiger partial charge on any atom is -0.490 e. The molecular weight excluding hydrogens is 1370 g/mol. The highest BCUT2D eigenvalue weighted by Gasteiger charge is 2.47. The van der Waals surface area contributed by atoms with Crippen LogP contribution in [-0.4, -0.2) is 189 Å². The summed E-state index contributed by atoms with van der Waals surface area (Å²) in [6, 6.07) is 16.1. The largest absolute Gasteiger partial charge is 0.490 e. The molecule has 0 saturated carbocycles. The van der Waals surface area contributed by atoms with Crippen molar-refractivity contribution in [3.8, 4) is 22.9 Å². The van der Waals surface area contributed by atoms with E-state index in [-0.39, 0.29) is 116 Å². The fourth-order valence-corrected chi connectivity index (χ4v) is 14.5. The van der Waals surface area contributed by atoms with E-state index in [9.17, 15) is 48.3 Å². The third-order valence-electron chi connectivity index (χ3n) is 18.5. The lowest BCUT2D eigenvalue weighted by atomic mass is 9.86. The molecule has 6 aliphatic heterocycles. The lowest BCUT2D eigenvalue weighted by molar-refractivity contribution is -0.172. The van der Waals surface area contributed by atoms with Gasteiger partial charge in [0.05, 0.1) is 111 Å². The molecule has 0 unspecified atom stereocenters. The van der Waals surface area contributed by atoms with Gasteiger partial charge < -0.3 is 73.3 Å². The van der Waals surface area contributed by atoms with Gasteiger partial charge in [-0.15, -0.1) is 0 Å². The summed E-state index contributed by atoms with van der Waals surface area (Å²) in [4.78, 5) is 132. The predicted octanol–water partition coefficient (Wildman–Crippen LogP) is 6.15. The summed E-state index contributed by atoms with van der Waals surface area (Å²) >= 11 is 1.90. The number of thioether (sulfide) groups is 2. The van der Waals surface area contributed by atoms with Gasteiger partial charge in [0.2, 0.25) is 17.7 Å². The van der Waals surface area contributed by atoms with Gasteiger partial charge in [0, 0.05) is 88.2 Å². The van der Waals surface area contributed by atoms with E-state index < -0.39 is 99.7 Å². The number of fused-ring (bicyclic) bond motifs is 5. The van der Waals surface area contributed by atoms with E-state index in [4.69, 9.17) is 42.9 Å². The summed E-state index contributed by atoms with van der Waals surface area (Å²) in [7, 11) is 0. The minimum atomic E-state index is -2.04. The topological polar surface area (TPSA) is 311 Å². The van der Waals surface area contributed by atoms with Gasteiger partial charge in [0.1, 0.15) is 37.1 Å². The molecule has 6 aliphatic rings. The van der Waals surface area contributed by atoms with E-state index in [0.717, 1.165) is 41.7 Å².